The molecule has 74 valence electrons. The molecule has 4 nitrogen and oxygen atoms in total. The van der Waals surface area contributed by atoms with Crippen molar-refractivity contribution in [1.82, 2.24) is 0 Å². The van der Waals surface area contributed by atoms with E-state index in [0.717, 1.165) is 5.56 Å². The maximum absolute atomic E-state index is 10.3. The van der Waals surface area contributed by atoms with Crippen LogP contribution in [0, 0.1) is 0 Å². The molecule has 1 rings (SSSR count). The van der Waals surface area contributed by atoms with Crippen molar-refractivity contribution in [3.63, 3.8) is 0 Å². The van der Waals surface area contributed by atoms with Gasteiger partial charge in [-0.05, 0) is 0 Å². The summed E-state index contributed by atoms with van der Waals surface area (Å²) in [7, 11) is 0. The van der Waals surface area contributed by atoms with Crippen molar-refractivity contribution in [3.05, 3.63) is 35.9 Å². The standard InChI is InChI=1S/C7H9AsO4.AsH3/c9-8(10,11)12-6-7-4-2-1-3-5-7;/h1-5H,6H2,(H2,9,10,11);1H3. The molecule has 0 aromatic heterocycles. The van der Waals surface area contributed by atoms with Gasteiger partial charge in [-0.3, -0.25) is 0 Å². The first-order chi connectivity index (χ1) is 5.58. The van der Waals surface area contributed by atoms with E-state index in [1.165, 1.54) is 0 Å². The first kappa shape index (κ1) is 13.0. The van der Waals surface area contributed by atoms with E-state index in [1.807, 2.05) is 6.07 Å². The quantitative estimate of drug-likeness (QED) is 0.694. The third-order valence-electron chi connectivity index (χ3n) is 1.24. The van der Waals surface area contributed by atoms with Gasteiger partial charge < -0.3 is 0 Å². The Morgan fingerprint density at radius 2 is 1.77 bits per heavy atom. The van der Waals surface area contributed by atoms with E-state index in [4.69, 9.17) is 8.19 Å². The zero-order valence-electron chi connectivity index (χ0n) is 6.96. The predicted octanol–water partition coefficient (Wildman–Crippen LogP) is -1.13. The number of hydrogen-bond acceptors (Lipinski definition) is 2. The van der Waals surface area contributed by atoms with Crippen LogP contribution in [-0.2, 0) is 14.1 Å². The molecule has 1 aromatic carbocycles. The van der Waals surface area contributed by atoms with Gasteiger partial charge in [0.05, 0.1) is 0 Å². The van der Waals surface area contributed by atoms with Crippen molar-refractivity contribution >= 4 is 32.5 Å². The van der Waals surface area contributed by atoms with Gasteiger partial charge in [0, 0.05) is 0 Å². The van der Waals surface area contributed by atoms with Gasteiger partial charge in [0.1, 0.15) is 0 Å². The molecule has 1 atom stereocenters. The molecule has 0 aliphatic rings. The van der Waals surface area contributed by atoms with Crippen molar-refractivity contribution in [3.8, 4) is 0 Å². The molecule has 0 amide bonds. The Balaban J connectivity index is 0.00000144. The molecule has 0 spiro atoms. The molecule has 6 heteroatoms. The molecule has 0 saturated heterocycles. The molecular weight excluding hydrogens is 298 g/mol. The Morgan fingerprint density at radius 3 is 2.23 bits per heavy atom. The summed E-state index contributed by atoms with van der Waals surface area (Å²) in [4.78, 5) is 0. The maximum atomic E-state index is 10.3. The summed E-state index contributed by atoms with van der Waals surface area (Å²) in [5.41, 5.74) is 0.752. The van der Waals surface area contributed by atoms with Gasteiger partial charge in [-0.2, -0.15) is 0 Å². The van der Waals surface area contributed by atoms with Gasteiger partial charge in [-0.15, -0.1) is 0 Å². The Hall–Kier alpha value is 0.0169. The summed E-state index contributed by atoms with van der Waals surface area (Å²) >= 11 is -4.90. The average molecular weight is 310 g/mol. The Kier molecular flexibility index (Phi) is 5.69. The fourth-order valence-electron chi connectivity index (χ4n) is 0.733. The SMILES string of the molecule is O=[As](O)(O)OCc1ccccc1.[AsH3]. The Bertz CT molecular complexity index is 282. The number of rotatable bonds is 3. The molecule has 0 aliphatic heterocycles. The Morgan fingerprint density at radius 1 is 1.23 bits per heavy atom. The second kappa shape index (κ2) is 5.69. The van der Waals surface area contributed by atoms with E-state index >= 15 is 0 Å². The van der Waals surface area contributed by atoms with Crippen molar-refractivity contribution < 1.29 is 15.7 Å². The van der Waals surface area contributed by atoms with Gasteiger partial charge in [0.15, 0.2) is 0 Å². The second-order valence-corrected chi connectivity index (χ2v) is 4.85. The van der Waals surface area contributed by atoms with E-state index in [9.17, 15) is 3.74 Å². The molecule has 2 N–H and O–H groups in total. The number of hydrogen-bond donors (Lipinski definition) is 2. The van der Waals surface area contributed by atoms with Gasteiger partial charge in [-0.25, -0.2) is 0 Å². The van der Waals surface area contributed by atoms with Crippen LogP contribution in [-0.4, -0.2) is 40.7 Å². The Labute approximate surface area is 90.6 Å². The monoisotopic (exact) mass is 310 g/mol. The summed E-state index contributed by atoms with van der Waals surface area (Å²) in [6.45, 7) is -0.0374. The molecule has 13 heavy (non-hydrogen) atoms. The van der Waals surface area contributed by atoms with Crippen molar-refractivity contribution in [2.75, 3.05) is 0 Å². The normalized spacial score (nSPS) is 10.6. The van der Waals surface area contributed by atoms with Gasteiger partial charge in [0.2, 0.25) is 0 Å². The van der Waals surface area contributed by atoms with Gasteiger partial charge in [-0.1, -0.05) is 0 Å². The predicted molar refractivity (Wildman–Crippen MR) is 52.0 cm³/mol. The van der Waals surface area contributed by atoms with Crippen LogP contribution in [0.15, 0.2) is 30.3 Å². The molecular formula is C7H12As2O4. The summed E-state index contributed by atoms with van der Waals surface area (Å²) in [5, 5.41) is 0. The molecule has 1 unspecified atom stereocenters. The molecule has 1 aromatic rings. The average Bonchev–Trinajstić information content (AvgIpc) is 2.02. The fourth-order valence-corrected chi connectivity index (χ4v) is 1.40. The van der Waals surface area contributed by atoms with Crippen LogP contribution in [0.2, 0.25) is 0 Å². The third kappa shape index (κ3) is 6.14. The molecule has 0 saturated carbocycles. The van der Waals surface area contributed by atoms with Crippen molar-refractivity contribution in [1.29, 1.82) is 0 Å². The topological polar surface area (TPSA) is 66.8 Å². The van der Waals surface area contributed by atoms with E-state index in [-0.39, 0.29) is 24.6 Å². The zero-order chi connectivity index (χ0) is 9.03. The van der Waals surface area contributed by atoms with Crippen LogP contribution < -0.4 is 0 Å². The van der Waals surface area contributed by atoms with Crippen molar-refractivity contribution in [2.45, 2.75) is 6.61 Å². The van der Waals surface area contributed by atoms with E-state index < -0.39 is 14.5 Å². The van der Waals surface area contributed by atoms with Gasteiger partial charge >= 0.3 is 90.6 Å². The summed E-state index contributed by atoms with van der Waals surface area (Å²) in [6, 6.07) is 8.87. The summed E-state index contributed by atoms with van der Waals surface area (Å²) in [6.07, 6.45) is 0. The van der Waals surface area contributed by atoms with E-state index in [0.29, 0.717) is 0 Å². The van der Waals surface area contributed by atoms with Crippen LogP contribution in [0.4, 0.5) is 0 Å². The van der Waals surface area contributed by atoms with Crippen LogP contribution in [0.5, 0.6) is 0 Å². The van der Waals surface area contributed by atoms with Crippen molar-refractivity contribution in [2.24, 2.45) is 0 Å². The van der Waals surface area contributed by atoms with Crippen LogP contribution in [0.1, 0.15) is 5.56 Å². The van der Waals surface area contributed by atoms with E-state index in [1.54, 1.807) is 24.3 Å². The summed E-state index contributed by atoms with van der Waals surface area (Å²) < 4.78 is 31.5. The summed E-state index contributed by atoms with van der Waals surface area (Å²) in [5.74, 6) is 0. The van der Waals surface area contributed by atoms with Crippen LogP contribution >= 0.6 is 0 Å². The zero-order valence-corrected chi connectivity index (χ0v) is 11.8. The molecule has 0 radical (unpaired) electrons. The first-order valence-electron chi connectivity index (χ1n) is 3.32. The van der Waals surface area contributed by atoms with Gasteiger partial charge in [0.25, 0.3) is 0 Å². The van der Waals surface area contributed by atoms with Crippen LogP contribution in [0.3, 0.4) is 0 Å². The molecule has 0 bridgehead atoms. The molecule has 0 fully saturated rings. The van der Waals surface area contributed by atoms with E-state index in [2.05, 4.69) is 3.73 Å². The second-order valence-electron chi connectivity index (χ2n) is 2.25. The third-order valence-corrected chi connectivity index (χ3v) is 2.22. The minimum atomic E-state index is -4.90. The van der Waals surface area contributed by atoms with Crippen LogP contribution in [0.25, 0.3) is 0 Å². The molecule has 0 aliphatic carbocycles. The fraction of sp³-hybridized carbons (Fsp3) is 0.143. The number of benzene rings is 1. The first-order valence-corrected chi connectivity index (χ1v) is 6.53. The molecule has 0 heterocycles. The minimum absolute atomic E-state index is 0.